The molecule has 1 aromatic heterocycles. The van der Waals surface area contributed by atoms with Crippen LogP contribution in [0.15, 0.2) is 52.0 Å². The van der Waals surface area contributed by atoms with Crippen LogP contribution in [0.5, 0.6) is 0 Å². The summed E-state index contributed by atoms with van der Waals surface area (Å²) in [6, 6.07) is 11.4. The normalized spacial score (nSPS) is 13.9. The number of aromatic nitrogens is 2. The highest BCUT2D eigenvalue weighted by atomic mass is 79.9. The first-order valence-corrected chi connectivity index (χ1v) is 10.1. The topological polar surface area (TPSA) is 67.2 Å². The molecule has 1 aliphatic heterocycles. The Labute approximate surface area is 171 Å². The van der Waals surface area contributed by atoms with Crippen molar-refractivity contribution in [2.24, 2.45) is 0 Å². The zero-order chi connectivity index (χ0) is 19.7. The first-order chi connectivity index (χ1) is 13.5. The number of hydrogen-bond acceptors (Lipinski definition) is 4. The number of rotatable bonds is 4. The number of anilines is 2. The molecule has 0 aliphatic carbocycles. The van der Waals surface area contributed by atoms with E-state index >= 15 is 0 Å². The fourth-order valence-corrected chi connectivity index (χ4v) is 3.91. The third-order valence-corrected chi connectivity index (χ3v) is 5.55. The maximum absolute atomic E-state index is 12.6. The van der Waals surface area contributed by atoms with Crippen molar-refractivity contribution >= 4 is 44.1 Å². The van der Waals surface area contributed by atoms with Gasteiger partial charge in [0.05, 0.1) is 17.2 Å². The van der Waals surface area contributed by atoms with Crippen LogP contribution in [0.3, 0.4) is 0 Å². The minimum absolute atomic E-state index is 0.0817. The van der Waals surface area contributed by atoms with Crippen LogP contribution in [0.1, 0.15) is 18.4 Å². The highest BCUT2D eigenvalue weighted by molar-refractivity contribution is 9.10. The second-order valence-corrected chi connectivity index (χ2v) is 8.00. The molecule has 3 aromatic rings. The van der Waals surface area contributed by atoms with E-state index in [4.69, 9.17) is 0 Å². The Hall–Kier alpha value is -2.67. The molecule has 4 rings (SSSR count). The van der Waals surface area contributed by atoms with E-state index in [9.17, 15) is 9.59 Å². The Balaban J connectivity index is 1.51. The summed E-state index contributed by atoms with van der Waals surface area (Å²) in [4.78, 5) is 31.8. The molecule has 1 aliphatic rings. The maximum atomic E-state index is 12.6. The molecular weight excluding hydrogens is 420 g/mol. The lowest BCUT2D eigenvalue weighted by Gasteiger charge is -2.19. The number of hydrogen-bond donors (Lipinski definition) is 1. The zero-order valence-corrected chi connectivity index (χ0v) is 17.2. The summed E-state index contributed by atoms with van der Waals surface area (Å²) in [6.45, 7) is 4.07. The average Bonchev–Trinajstić information content (AvgIpc) is 3.21. The molecule has 28 heavy (non-hydrogen) atoms. The largest absolute Gasteiger partial charge is 0.372 e. The van der Waals surface area contributed by atoms with Gasteiger partial charge in [-0.15, -0.1) is 0 Å². The van der Waals surface area contributed by atoms with Crippen molar-refractivity contribution < 1.29 is 4.79 Å². The molecule has 0 radical (unpaired) electrons. The lowest BCUT2D eigenvalue weighted by molar-refractivity contribution is -0.116. The molecule has 1 fully saturated rings. The highest BCUT2D eigenvalue weighted by Crippen LogP contribution is 2.25. The number of carbonyl (C=O) groups excluding carboxylic acids is 1. The molecule has 6 nitrogen and oxygen atoms in total. The summed E-state index contributed by atoms with van der Waals surface area (Å²) in [5.74, 6) is -0.254. The smallest absolute Gasteiger partial charge is 0.261 e. The van der Waals surface area contributed by atoms with E-state index in [0.717, 1.165) is 28.8 Å². The van der Waals surface area contributed by atoms with Crippen molar-refractivity contribution in [2.75, 3.05) is 23.3 Å². The van der Waals surface area contributed by atoms with Gasteiger partial charge in [0.1, 0.15) is 6.54 Å². The lowest BCUT2D eigenvalue weighted by Crippen LogP contribution is -2.28. The number of aryl methyl sites for hydroxylation is 1. The molecule has 0 unspecified atom stereocenters. The summed E-state index contributed by atoms with van der Waals surface area (Å²) < 4.78 is 2.13. The maximum Gasteiger partial charge on any atom is 0.261 e. The number of fused-ring (bicyclic) bond motifs is 1. The van der Waals surface area contributed by atoms with Crippen molar-refractivity contribution in [3.8, 4) is 0 Å². The highest BCUT2D eigenvalue weighted by Gasteiger charge is 2.14. The van der Waals surface area contributed by atoms with E-state index in [2.05, 4.69) is 37.2 Å². The van der Waals surface area contributed by atoms with Gasteiger partial charge in [0, 0.05) is 28.9 Å². The first-order valence-electron chi connectivity index (χ1n) is 9.31. The van der Waals surface area contributed by atoms with Crippen molar-refractivity contribution in [1.29, 1.82) is 0 Å². The third kappa shape index (κ3) is 3.80. The number of benzene rings is 2. The number of halogens is 1. The molecule has 0 atom stereocenters. The summed E-state index contributed by atoms with van der Waals surface area (Å²) in [6.07, 6.45) is 3.87. The second-order valence-electron chi connectivity index (χ2n) is 7.08. The van der Waals surface area contributed by atoms with Crippen molar-refractivity contribution in [3.05, 3.63) is 63.1 Å². The summed E-state index contributed by atoms with van der Waals surface area (Å²) >= 11 is 3.37. The predicted octanol–water partition coefficient (Wildman–Crippen LogP) is 3.71. The van der Waals surface area contributed by atoms with Gasteiger partial charge in [0.25, 0.3) is 5.56 Å². The van der Waals surface area contributed by atoms with Crippen LogP contribution in [-0.2, 0) is 11.3 Å². The molecule has 0 bridgehead atoms. The Morgan fingerprint density at radius 2 is 1.96 bits per heavy atom. The van der Waals surface area contributed by atoms with Gasteiger partial charge in [-0.3, -0.25) is 14.2 Å². The number of amides is 1. The van der Waals surface area contributed by atoms with Crippen molar-refractivity contribution in [3.63, 3.8) is 0 Å². The van der Waals surface area contributed by atoms with Crippen LogP contribution in [-0.4, -0.2) is 28.5 Å². The molecule has 2 aromatic carbocycles. The van der Waals surface area contributed by atoms with E-state index < -0.39 is 0 Å². The molecule has 1 amide bonds. The van der Waals surface area contributed by atoms with Gasteiger partial charge in [-0.25, -0.2) is 4.98 Å². The average molecular weight is 441 g/mol. The Kier molecular flexibility index (Phi) is 5.17. The molecule has 0 spiro atoms. The Morgan fingerprint density at radius 3 is 2.71 bits per heavy atom. The minimum atomic E-state index is -0.254. The fourth-order valence-electron chi connectivity index (χ4n) is 3.55. The van der Waals surface area contributed by atoms with Crippen LogP contribution in [0.4, 0.5) is 11.4 Å². The summed E-state index contributed by atoms with van der Waals surface area (Å²) in [5, 5.41) is 3.39. The van der Waals surface area contributed by atoms with Gasteiger partial charge in [-0.1, -0.05) is 15.9 Å². The van der Waals surface area contributed by atoms with E-state index in [0.29, 0.717) is 10.9 Å². The van der Waals surface area contributed by atoms with Gasteiger partial charge >= 0.3 is 0 Å². The van der Waals surface area contributed by atoms with Gasteiger partial charge in [0.2, 0.25) is 5.91 Å². The molecular formula is C21H21BrN4O2. The van der Waals surface area contributed by atoms with Gasteiger partial charge < -0.3 is 10.2 Å². The van der Waals surface area contributed by atoms with Crippen molar-refractivity contribution in [2.45, 2.75) is 26.3 Å². The van der Waals surface area contributed by atoms with Gasteiger partial charge in [-0.2, -0.15) is 0 Å². The number of nitrogens with one attached hydrogen (secondary N) is 1. The first kappa shape index (κ1) is 18.7. The van der Waals surface area contributed by atoms with Crippen LogP contribution >= 0.6 is 15.9 Å². The van der Waals surface area contributed by atoms with Crippen LogP contribution in [0, 0.1) is 6.92 Å². The molecule has 0 saturated carbocycles. The minimum Gasteiger partial charge on any atom is -0.372 e. The molecule has 144 valence electrons. The monoisotopic (exact) mass is 440 g/mol. The Bertz CT molecular complexity index is 1100. The lowest BCUT2D eigenvalue weighted by atomic mass is 10.1. The van der Waals surface area contributed by atoms with E-state index in [1.54, 1.807) is 12.1 Å². The van der Waals surface area contributed by atoms with Gasteiger partial charge in [-0.05, 0) is 61.7 Å². The van der Waals surface area contributed by atoms with E-state index in [1.807, 2.05) is 25.1 Å². The SMILES string of the molecule is Cc1cc(N2CCCC2)ccc1NC(=O)Cn1cnc2ccc(Br)cc2c1=O. The van der Waals surface area contributed by atoms with E-state index in [-0.39, 0.29) is 18.0 Å². The van der Waals surface area contributed by atoms with Gasteiger partial charge in [0.15, 0.2) is 0 Å². The fraction of sp³-hybridized carbons (Fsp3) is 0.286. The quantitative estimate of drug-likeness (QED) is 0.671. The van der Waals surface area contributed by atoms with Crippen LogP contribution < -0.4 is 15.8 Å². The molecule has 7 heteroatoms. The molecule has 1 N–H and O–H groups in total. The van der Waals surface area contributed by atoms with Crippen LogP contribution in [0.2, 0.25) is 0 Å². The summed E-state index contributed by atoms with van der Waals surface area (Å²) in [7, 11) is 0. The standard InChI is InChI=1S/C21H21BrN4O2/c1-14-10-16(25-8-2-3-9-25)5-7-18(14)24-20(27)12-26-13-23-19-6-4-15(22)11-17(19)21(26)28/h4-7,10-11,13H,2-3,8-9,12H2,1H3,(H,24,27). The zero-order valence-electron chi connectivity index (χ0n) is 15.6. The van der Waals surface area contributed by atoms with Crippen LogP contribution in [0.25, 0.3) is 10.9 Å². The third-order valence-electron chi connectivity index (χ3n) is 5.06. The van der Waals surface area contributed by atoms with E-state index in [1.165, 1.54) is 29.4 Å². The molecule has 2 heterocycles. The molecule has 1 saturated heterocycles. The summed E-state index contributed by atoms with van der Waals surface area (Å²) in [5.41, 5.74) is 3.33. The number of nitrogens with zero attached hydrogens (tertiary/aromatic N) is 3. The number of carbonyl (C=O) groups is 1. The second kappa shape index (κ2) is 7.75. The Morgan fingerprint density at radius 1 is 1.18 bits per heavy atom. The van der Waals surface area contributed by atoms with Crippen molar-refractivity contribution in [1.82, 2.24) is 9.55 Å². The predicted molar refractivity (Wildman–Crippen MR) is 115 cm³/mol.